The molecule has 0 aliphatic heterocycles. The molecule has 5 nitrogen and oxygen atoms in total. The second-order valence-corrected chi connectivity index (χ2v) is 4.21. The van der Waals surface area contributed by atoms with Gasteiger partial charge in [0.05, 0.1) is 0 Å². The van der Waals surface area contributed by atoms with Crippen LogP contribution in [0.25, 0.3) is 0 Å². The van der Waals surface area contributed by atoms with Crippen molar-refractivity contribution in [2.45, 2.75) is 39.2 Å². The van der Waals surface area contributed by atoms with Crippen LogP contribution in [0.2, 0.25) is 0 Å². The Bertz CT molecular complexity index is 252. The lowest BCUT2D eigenvalue weighted by Crippen LogP contribution is -2.52. The van der Waals surface area contributed by atoms with Crippen LogP contribution in [0.15, 0.2) is 0 Å². The van der Waals surface area contributed by atoms with E-state index in [1.165, 1.54) is 4.90 Å². The van der Waals surface area contributed by atoms with Gasteiger partial charge in [-0.05, 0) is 40.8 Å². The molecule has 16 heavy (non-hydrogen) atoms. The van der Waals surface area contributed by atoms with Crippen LogP contribution < -0.4 is 5.32 Å². The molecule has 0 bridgehead atoms. The van der Waals surface area contributed by atoms with E-state index in [1.807, 2.05) is 7.05 Å². The van der Waals surface area contributed by atoms with Crippen LogP contribution in [-0.4, -0.2) is 47.6 Å². The molecule has 0 rings (SSSR count). The highest BCUT2D eigenvalue weighted by Crippen LogP contribution is 2.16. The van der Waals surface area contributed by atoms with Crippen molar-refractivity contribution in [3.63, 3.8) is 0 Å². The van der Waals surface area contributed by atoms with Gasteiger partial charge in [-0.25, -0.2) is 4.79 Å². The molecule has 0 aromatic heterocycles. The first-order valence-corrected chi connectivity index (χ1v) is 5.56. The van der Waals surface area contributed by atoms with Gasteiger partial charge in [-0.3, -0.25) is 4.79 Å². The molecule has 0 atom stereocenters. The molecule has 0 aliphatic carbocycles. The minimum Gasteiger partial charge on any atom is -0.480 e. The molecule has 0 radical (unpaired) electrons. The van der Waals surface area contributed by atoms with Gasteiger partial charge < -0.3 is 15.3 Å². The highest BCUT2D eigenvalue weighted by molar-refractivity contribution is 5.86. The zero-order valence-electron chi connectivity index (χ0n) is 10.5. The normalized spacial score (nSPS) is 11.2. The van der Waals surface area contributed by atoms with Crippen LogP contribution in [0.3, 0.4) is 0 Å². The Balaban J connectivity index is 4.48. The van der Waals surface area contributed by atoms with Crippen LogP contribution in [0.4, 0.5) is 0 Å². The van der Waals surface area contributed by atoms with E-state index in [0.717, 1.165) is 13.0 Å². The number of rotatable bonds is 7. The summed E-state index contributed by atoms with van der Waals surface area (Å²) in [5, 5.41) is 12.0. The molecular formula is C11H22N2O3. The summed E-state index contributed by atoms with van der Waals surface area (Å²) in [7, 11) is 1.82. The summed E-state index contributed by atoms with van der Waals surface area (Å²) >= 11 is 0. The predicted octanol–water partition coefficient (Wildman–Crippen LogP) is 0.698. The molecule has 5 heteroatoms. The summed E-state index contributed by atoms with van der Waals surface area (Å²) in [6, 6.07) is 0. The number of likely N-dealkylation sites (N-methyl/N-ethyl adjacent to an activating group) is 1. The van der Waals surface area contributed by atoms with Crippen LogP contribution in [0, 0.1) is 0 Å². The summed E-state index contributed by atoms with van der Waals surface area (Å²) < 4.78 is 0. The number of carbonyl (C=O) groups excluding carboxylic acids is 1. The van der Waals surface area contributed by atoms with E-state index in [-0.39, 0.29) is 5.91 Å². The molecule has 0 unspecified atom stereocenters. The minimum atomic E-state index is -1.13. The Morgan fingerprint density at radius 2 is 1.94 bits per heavy atom. The molecule has 0 spiro atoms. The molecule has 94 valence electrons. The van der Waals surface area contributed by atoms with E-state index in [1.54, 1.807) is 20.8 Å². The highest BCUT2D eigenvalue weighted by Gasteiger charge is 2.36. The number of hydrogen-bond donors (Lipinski definition) is 2. The number of aliphatic carboxylic acids is 1. The zero-order valence-corrected chi connectivity index (χ0v) is 10.5. The van der Waals surface area contributed by atoms with E-state index < -0.39 is 11.5 Å². The first-order valence-electron chi connectivity index (χ1n) is 5.56. The van der Waals surface area contributed by atoms with Gasteiger partial charge in [0.15, 0.2) is 0 Å². The lowest BCUT2D eigenvalue weighted by atomic mass is 10.0. The van der Waals surface area contributed by atoms with Crippen molar-refractivity contribution in [3.8, 4) is 0 Å². The van der Waals surface area contributed by atoms with Gasteiger partial charge >= 0.3 is 5.97 Å². The van der Waals surface area contributed by atoms with Crippen LogP contribution in [-0.2, 0) is 9.59 Å². The second-order valence-electron chi connectivity index (χ2n) is 4.21. The van der Waals surface area contributed by atoms with Crippen LogP contribution in [0.5, 0.6) is 0 Å². The molecule has 0 saturated heterocycles. The summed E-state index contributed by atoms with van der Waals surface area (Å²) in [5.41, 5.74) is -1.13. The first-order chi connectivity index (χ1) is 7.37. The lowest BCUT2D eigenvalue weighted by Gasteiger charge is -2.34. The Morgan fingerprint density at radius 3 is 2.31 bits per heavy atom. The number of nitrogens with one attached hydrogen (secondary N) is 1. The molecule has 0 aromatic carbocycles. The number of carboxylic acids is 1. The monoisotopic (exact) mass is 230 g/mol. The van der Waals surface area contributed by atoms with Crippen molar-refractivity contribution in [1.29, 1.82) is 0 Å². The van der Waals surface area contributed by atoms with Crippen molar-refractivity contribution >= 4 is 11.9 Å². The SMILES string of the molecule is CCN(C(=O)CCCNC)C(C)(C)C(=O)O. The first kappa shape index (κ1) is 14.9. The third-order valence-corrected chi connectivity index (χ3v) is 2.63. The lowest BCUT2D eigenvalue weighted by molar-refractivity contribution is -0.156. The fourth-order valence-corrected chi connectivity index (χ4v) is 1.55. The summed E-state index contributed by atoms with van der Waals surface area (Å²) in [5.74, 6) is -1.08. The summed E-state index contributed by atoms with van der Waals surface area (Å²) in [6.45, 7) is 6.07. The fraction of sp³-hybridized carbons (Fsp3) is 0.818. The quantitative estimate of drug-likeness (QED) is 0.632. The summed E-state index contributed by atoms with van der Waals surface area (Å²) in [4.78, 5) is 24.3. The number of nitrogens with zero attached hydrogens (tertiary/aromatic N) is 1. The van der Waals surface area contributed by atoms with Crippen molar-refractivity contribution in [2.24, 2.45) is 0 Å². The van der Waals surface area contributed by atoms with Crippen molar-refractivity contribution < 1.29 is 14.7 Å². The van der Waals surface area contributed by atoms with E-state index in [2.05, 4.69) is 5.32 Å². The predicted molar refractivity (Wildman–Crippen MR) is 62.3 cm³/mol. The maximum atomic E-state index is 11.8. The van der Waals surface area contributed by atoms with Gasteiger partial charge in [-0.2, -0.15) is 0 Å². The largest absolute Gasteiger partial charge is 0.480 e. The smallest absolute Gasteiger partial charge is 0.329 e. The van der Waals surface area contributed by atoms with Gasteiger partial charge in [0, 0.05) is 13.0 Å². The van der Waals surface area contributed by atoms with Crippen molar-refractivity contribution in [3.05, 3.63) is 0 Å². The molecule has 0 saturated carbocycles. The Hall–Kier alpha value is -1.10. The Kier molecular flexibility index (Phi) is 6.03. The Labute approximate surface area is 96.8 Å². The van der Waals surface area contributed by atoms with Crippen molar-refractivity contribution in [1.82, 2.24) is 10.2 Å². The average molecular weight is 230 g/mol. The molecular weight excluding hydrogens is 208 g/mol. The molecule has 0 aromatic rings. The van der Waals surface area contributed by atoms with Gasteiger partial charge in [0.25, 0.3) is 0 Å². The maximum Gasteiger partial charge on any atom is 0.329 e. The molecule has 1 amide bonds. The van der Waals surface area contributed by atoms with E-state index in [0.29, 0.717) is 13.0 Å². The second kappa shape index (κ2) is 6.48. The highest BCUT2D eigenvalue weighted by atomic mass is 16.4. The van der Waals surface area contributed by atoms with E-state index >= 15 is 0 Å². The van der Waals surface area contributed by atoms with E-state index in [4.69, 9.17) is 5.11 Å². The number of carbonyl (C=O) groups is 2. The van der Waals surface area contributed by atoms with Gasteiger partial charge in [0.2, 0.25) is 5.91 Å². The fourth-order valence-electron chi connectivity index (χ4n) is 1.55. The topological polar surface area (TPSA) is 69.6 Å². The number of amides is 1. The number of carboxylic acid groups (broad SMARTS) is 1. The molecule has 0 fully saturated rings. The standard InChI is InChI=1S/C11H22N2O3/c1-5-13(11(2,3)10(15)16)9(14)7-6-8-12-4/h12H,5-8H2,1-4H3,(H,15,16). The minimum absolute atomic E-state index is 0.106. The Morgan fingerprint density at radius 1 is 1.38 bits per heavy atom. The van der Waals surface area contributed by atoms with E-state index in [9.17, 15) is 9.59 Å². The average Bonchev–Trinajstić information content (AvgIpc) is 2.18. The van der Waals surface area contributed by atoms with Crippen LogP contribution in [0.1, 0.15) is 33.6 Å². The molecule has 2 N–H and O–H groups in total. The van der Waals surface area contributed by atoms with Crippen molar-refractivity contribution in [2.75, 3.05) is 20.1 Å². The third kappa shape index (κ3) is 3.81. The maximum absolute atomic E-state index is 11.8. The molecule has 0 aliphatic rings. The zero-order chi connectivity index (χ0) is 12.8. The summed E-state index contributed by atoms with van der Waals surface area (Å²) in [6.07, 6.45) is 1.10. The third-order valence-electron chi connectivity index (χ3n) is 2.63. The van der Waals surface area contributed by atoms with Gasteiger partial charge in [-0.1, -0.05) is 0 Å². The number of hydrogen-bond acceptors (Lipinski definition) is 3. The van der Waals surface area contributed by atoms with Gasteiger partial charge in [0.1, 0.15) is 5.54 Å². The molecule has 0 heterocycles. The van der Waals surface area contributed by atoms with Crippen LogP contribution >= 0.6 is 0 Å². The van der Waals surface area contributed by atoms with Gasteiger partial charge in [-0.15, -0.1) is 0 Å².